The van der Waals surface area contributed by atoms with Gasteiger partial charge in [-0.3, -0.25) is 0 Å². The molecule has 1 aliphatic rings. The second-order valence-corrected chi connectivity index (χ2v) is 6.10. The molecule has 100 valence electrons. The van der Waals surface area contributed by atoms with Gasteiger partial charge in [0, 0.05) is 4.88 Å². The molecular weight excluding hydrogens is 244 g/mol. The third-order valence-corrected chi connectivity index (χ3v) is 4.65. The van der Waals surface area contributed by atoms with Crippen molar-refractivity contribution in [3.63, 3.8) is 0 Å². The zero-order valence-electron chi connectivity index (χ0n) is 11.2. The number of carbonyl (C=O) groups is 1. The van der Waals surface area contributed by atoms with Crippen LogP contribution in [0.4, 0.5) is 0 Å². The number of hydrogen-bond acceptors (Lipinski definition) is 3. The lowest BCUT2D eigenvalue weighted by Crippen LogP contribution is -2.04. The molecule has 0 spiro atoms. The molecule has 1 aromatic rings. The molecule has 0 atom stereocenters. The van der Waals surface area contributed by atoms with E-state index in [0.29, 0.717) is 6.61 Å². The van der Waals surface area contributed by atoms with Crippen LogP contribution in [0.25, 0.3) is 0 Å². The van der Waals surface area contributed by atoms with E-state index in [0.717, 1.165) is 30.6 Å². The first-order valence-corrected chi connectivity index (χ1v) is 7.91. The van der Waals surface area contributed by atoms with Crippen LogP contribution in [-0.2, 0) is 17.6 Å². The summed E-state index contributed by atoms with van der Waals surface area (Å²) in [4.78, 5) is 14.1. The third kappa shape index (κ3) is 3.58. The summed E-state index contributed by atoms with van der Waals surface area (Å²) in [5.41, 5.74) is 1.39. The maximum absolute atomic E-state index is 11.9. The third-order valence-electron chi connectivity index (χ3n) is 3.43. The molecular formula is C15H22O2S. The minimum atomic E-state index is -0.125. The van der Waals surface area contributed by atoms with Gasteiger partial charge in [-0.1, -0.05) is 26.2 Å². The van der Waals surface area contributed by atoms with Gasteiger partial charge in [-0.2, -0.15) is 0 Å². The highest BCUT2D eigenvalue weighted by molar-refractivity contribution is 7.14. The molecule has 0 radical (unpaired) electrons. The Bertz CT molecular complexity index is 370. The Kier molecular flexibility index (Phi) is 5.24. The van der Waals surface area contributed by atoms with Crippen molar-refractivity contribution in [2.45, 2.75) is 58.3 Å². The first-order chi connectivity index (χ1) is 8.81. The monoisotopic (exact) mass is 266 g/mol. The number of fused-ring (bicyclic) bond motifs is 1. The lowest BCUT2D eigenvalue weighted by atomic mass is 10.00. The van der Waals surface area contributed by atoms with Crippen LogP contribution in [0.15, 0.2) is 6.07 Å². The summed E-state index contributed by atoms with van der Waals surface area (Å²) in [5.74, 6) is -0.125. The van der Waals surface area contributed by atoms with Crippen LogP contribution in [0, 0.1) is 0 Å². The fourth-order valence-corrected chi connectivity index (χ4v) is 3.47. The quantitative estimate of drug-likeness (QED) is 0.597. The van der Waals surface area contributed by atoms with E-state index in [1.54, 1.807) is 11.3 Å². The second-order valence-electron chi connectivity index (χ2n) is 4.96. The smallest absolute Gasteiger partial charge is 0.348 e. The van der Waals surface area contributed by atoms with Gasteiger partial charge in [0.15, 0.2) is 0 Å². The Morgan fingerprint density at radius 2 is 2.06 bits per heavy atom. The number of ether oxygens (including phenoxy) is 1. The molecule has 1 heterocycles. The average Bonchev–Trinajstić information content (AvgIpc) is 2.72. The topological polar surface area (TPSA) is 26.3 Å². The number of rotatable bonds is 4. The summed E-state index contributed by atoms with van der Waals surface area (Å²) < 4.78 is 5.28. The van der Waals surface area contributed by atoms with Crippen LogP contribution in [0.2, 0.25) is 0 Å². The van der Waals surface area contributed by atoms with E-state index < -0.39 is 0 Å². The molecule has 0 amide bonds. The van der Waals surface area contributed by atoms with Crippen LogP contribution in [0.5, 0.6) is 0 Å². The van der Waals surface area contributed by atoms with Gasteiger partial charge < -0.3 is 4.74 Å². The maximum atomic E-state index is 11.9. The van der Waals surface area contributed by atoms with Crippen molar-refractivity contribution in [2.24, 2.45) is 0 Å². The van der Waals surface area contributed by atoms with Crippen molar-refractivity contribution in [2.75, 3.05) is 6.61 Å². The van der Waals surface area contributed by atoms with Gasteiger partial charge in [0.05, 0.1) is 6.61 Å². The molecule has 0 saturated carbocycles. The zero-order chi connectivity index (χ0) is 12.8. The van der Waals surface area contributed by atoms with Gasteiger partial charge in [-0.25, -0.2) is 4.79 Å². The van der Waals surface area contributed by atoms with E-state index in [2.05, 4.69) is 13.0 Å². The summed E-state index contributed by atoms with van der Waals surface area (Å²) in [5, 5.41) is 0. The normalized spacial score (nSPS) is 15.6. The Morgan fingerprint density at radius 1 is 1.28 bits per heavy atom. The second kappa shape index (κ2) is 6.93. The standard InChI is InChI=1S/C15H22O2S/c1-2-3-10-17-15(16)14-11-12-8-6-4-5-7-9-13(12)18-14/h11H,2-10H2,1H3. The predicted octanol–water partition coefficient (Wildman–Crippen LogP) is 4.36. The van der Waals surface area contributed by atoms with Gasteiger partial charge in [-0.05, 0) is 43.7 Å². The molecule has 0 aliphatic heterocycles. The highest BCUT2D eigenvalue weighted by Gasteiger charge is 2.16. The molecule has 0 bridgehead atoms. The molecule has 0 fully saturated rings. The van der Waals surface area contributed by atoms with E-state index in [1.807, 2.05) is 0 Å². The molecule has 1 aromatic heterocycles. The summed E-state index contributed by atoms with van der Waals surface area (Å²) >= 11 is 1.65. The number of hydrogen-bond donors (Lipinski definition) is 0. The van der Waals surface area contributed by atoms with E-state index in [9.17, 15) is 4.79 Å². The van der Waals surface area contributed by atoms with E-state index >= 15 is 0 Å². The predicted molar refractivity (Wildman–Crippen MR) is 75.4 cm³/mol. The first kappa shape index (κ1) is 13.6. The summed E-state index contributed by atoms with van der Waals surface area (Å²) in [7, 11) is 0. The van der Waals surface area contributed by atoms with Crippen molar-refractivity contribution >= 4 is 17.3 Å². The van der Waals surface area contributed by atoms with Crippen molar-refractivity contribution in [3.05, 3.63) is 21.4 Å². The van der Waals surface area contributed by atoms with E-state index in [4.69, 9.17) is 4.74 Å². The fraction of sp³-hybridized carbons (Fsp3) is 0.667. The van der Waals surface area contributed by atoms with Gasteiger partial charge in [0.2, 0.25) is 0 Å². The number of carbonyl (C=O) groups excluding carboxylic acids is 1. The van der Waals surface area contributed by atoms with Gasteiger partial charge in [0.25, 0.3) is 0 Å². The largest absolute Gasteiger partial charge is 0.462 e. The molecule has 1 aliphatic carbocycles. The molecule has 2 rings (SSSR count). The van der Waals surface area contributed by atoms with Crippen LogP contribution in [0.3, 0.4) is 0 Å². The molecule has 0 saturated heterocycles. The molecule has 0 aromatic carbocycles. The van der Waals surface area contributed by atoms with Gasteiger partial charge in [-0.15, -0.1) is 11.3 Å². The first-order valence-electron chi connectivity index (χ1n) is 7.10. The van der Waals surface area contributed by atoms with Crippen molar-refractivity contribution in [1.29, 1.82) is 0 Å². The summed E-state index contributed by atoms with van der Waals surface area (Å²) in [6, 6.07) is 2.07. The molecule has 0 N–H and O–H groups in total. The van der Waals surface area contributed by atoms with E-state index in [1.165, 1.54) is 36.1 Å². The highest BCUT2D eigenvalue weighted by atomic mass is 32.1. The molecule has 18 heavy (non-hydrogen) atoms. The van der Waals surface area contributed by atoms with Crippen LogP contribution in [0.1, 0.15) is 65.6 Å². The number of aryl methyl sites for hydroxylation is 2. The molecule has 3 heteroatoms. The average molecular weight is 266 g/mol. The SMILES string of the molecule is CCCCOC(=O)c1cc2c(s1)CCCCCC2. The van der Waals surface area contributed by atoms with E-state index in [-0.39, 0.29) is 5.97 Å². The Labute approximate surface area is 113 Å². The lowest BCUT2D eigenvalue weighted by Gasteiger charge is -2.07. The minimum Gasteiger partial charge on any atom is -0.462 e. The Balaban J connectivity index is 2.00. The summed E-state index contributed by atoms with van der Waals surface area (Å²) in [6.45, 7) is 2.66. The van der Waals surface area contributed by atoms with Crippen molar-refractivity contribution in [3.8, 4) is 0 Å². The number of esters is 1. The zero-order valence-corrected chi connectivity index (χ0v) is 12.0. The van der Waals surface area contributed by atoms with Gasteiger partial charge >= 0.3 is 5.97 Å². The lowest BCUT2D eigenvalue weighted by molar-refractivity contribution is 0.0505. The fourth-order valence-electron chi connectivity index (χ4n) is 2.33. The summed E-state index contributed by atoms with van der Waals surface area (Å²) in [6.07, 6.45) is 9.46. The minimum absolute atomic E-state index is 0.125. The van der Waals surface area contributed by atoms with Gasteiger partial charge in [0.1, 0.15) is 4.88 Å². The van der Waals surface area contributed by atoms with Crippen LogP contribution in [-0.4, -0.2) is 12.6 Å². The molecule has 0 unspecified atom stereocenters. The number of thiophene rings is 1. The molecule has 2 nitrogen and oxygen atoms in total. The maximum Gasteiger partial charge on any atom is 0.348 e. The van der Waals surface area contributed by atoms with Crippen molar-refractivity contribution < 1.29 is 9.53 Å². The van der Waals surface area contributed by atoms with Crippen LogP contribution < -0.4 is 0 Å². The Hall–Kier alpha value is -0.830. The van der Waals surface area contributed by atoms with Crippen molar-refractivity contribution in [1.82, 2.24) is 0 Å². The highest BCUT2D eigenvalue weighted by Crippen LogP contribution is 2.28. The van der Waals surface area contributed by atoms with Crippen LogP contribution >= 0.6 is 11.3 Å². The number of unbranched alkanes of at least 4 members (excludes halogenated alkanes) is 1. The Morgan fingerprint density at radius 3 is 2.83 bits per heavy atom.